The minimum Gasteiger partial charge on any atom is -0.449 e. The molecule has 0 aromatic heterocycles. The van der Waals surface area contributed by atoms with Crippen molar-refractivity contribution in [2.45, 2.75) is 31.7 Å². The van der Waals surface area contributed by atoms with E-state index in [4.69, 9.17) is 4.74 Å². The molecule has 3 nitrogen and oxygen atoms in total. The molecule has 3 aromatic carbocycles. The lowest BCUT2D eigenvalue weighted by Crippen LogP contribution is -2.37. The number of hydrogen-bond acceptors (Lipinski definition) is 2. The maximum absolute atomic E-state index is 12.6. The van der Waals surface area contributed by atoms with E-state index in [1.165, 1.54) is 27.8 Å². The fraction of sp³-hybridized carbons (Fsp3) is 0.222. The fourth-order valence-corrected chi connectivity index (χ4v) is 4.30. The molecule has 0 radical (unpaired) electrons. The zero-order chi connectivity index (χ0) is 20.9. The molecule has 3 aromatic rings. The van der Waals surface area contributed by atoms with E-state index in [1.54, 1.807) is 0 Å². The SMILES string of the molecule is C=C(C)CC(Cc1ccccc1)NC(=O)OCC1c2ccccc2-c2ccccc21. The number of ether oxygens (including phenoxy) is 1. The normalized spacial score (nSPS) is 13.2. The van der Waals surface area contributed by atoms with Gasteiger partial charge in [-0.15, -0.1) is 6.58 Å². The first-order valence-corrected chi connectivity index (χ1v) is 10.4. The third-order valence-electron chi connectivity index (χ3n) is 5.59. The van der Waals surface area contributed by atoms with E-state index >= 15 is 0 Å². The third kappa shape index (κ3) is 4.46. The molecule has 1 unspecified atom stereocenters. The molecule has 1 aliphatic carbocycles. The van der Waals surface area contributed by atoms with Crippen molar-refractivity contribution < 1.29 is 9.53 Å². The zero-order valence-corrected chi connectivity index (χ0v) is 17.3. The molecule has 0 saturated heterocycles. The Balaban J connectivity index is 1.43. The molecule has 1 aliphatic rings. The number of hydrogen-bond donors (Lipinski definition) is 1. The van der Waals surface area contributed by atoms with Crippen LogP contribution in [0.4, 0.5) is 4.79 Å². The number of carbonyl (C=O) groups excluding carboxylic acids is 1. The molecule has 1 amide bonds. The Labute approximate surface area is 178 Å². The van der Waals surface area contributed by atoms with E-state index in [9.17, 15) is 4.79 Å². The van der Waals surface area contributed by atoms with Crippen molar-refractivity contribution in [3.05, 3.63) is 108 Å². The molecule has 0 heterocycles. The lowest BCUT2D eigenvalue weighted by molar-refractivity contribution is 0.139. The van der Waals surface area contributed by atoms with Crippen molar-refractivity contribution in [2.24, 2.45) is 0 Å². The molecule has 4 rings (SSSR count). The molecule has 0 fully saturated rings. The molecule has 0 bridgehead atoms. The van der Waals surface area contributed by atoms with Gasteiger partial charge in [-0.3, -0.25) is 0 Å². The van der Waals surface area contributed by atoms with Crippen LogP contribution in [0.2, 0.25) is 0 Å². The molecule has 152 valence electrons. The van der Waals surface area contributed by atoms with Gasteiger partial charge in [0.05, 0.1) is 0 Å². The van der Waals surface area contributed by atoms with Gasteiger partial charge in [-0.05, 0) is 47.6 Å². The summed E-state index contributed by atoms with van der Waals surface area (Å²) in [6.07, 6.45) is 1.09. The van der Waals surface area contributed by atoms with Crippen molar-refractivity contribution in [2.75, 3.05) is 6.61 Å². The van der Waals surface area contributed by atoms with Crippen molar-refractivity contribution in [1.82, 2.24) is 5.32 Å². The van der Waals surface area contributed by atoms with E-state index in [0.29, 0.717) is 6.61 Å². The summed E-state index contributed by atoms with van der Waals surface area (Å²) in [5, 5.41) is 3.05. The van der Waals surface area contributed by atoms with Crippen LogP contribution in [-0.4, -0.2) is 18.7 Å². The molecular weight excluding hydrogens is 370 g/mol. The van der Waals surface area contributed by atoms with Gasteiger partial charge in [0, 0.05) is 12.0 Å². The summed E-state index contributed by atoms with van der Waals surface area (Å²) in [6.45, 7) is 6.32. The van der Waals surface area contributed by atoms with Gasteiger partial charge < -0.3 is 10.1 Å². The smallest absolute Gasteiger partial charge is 0.407 e. The van der Waals surface area contributed by atoms with Gasteiger partial charge in [0.2, 0.25) is 0 Å². The monoisotopic (exact) mass is 397 g/mol. The van der Waals surface area contributed by atoms with Gasteiger partial charge in [0.1, 0.15) is 6.61 Å². The Morgan fingerprint density at radius 3 is 2.10 bits per heavy atom. The van der Waals surface area contributed by atoms with Crippen LogP contribution in [0.1, 0.15) is 36.0 Å². The highest BCUT2D eigenvalue weighted by Crippen LogP contribution is 2.44. The van der Waals surface area contributed by atoms with Crippen molar-refractivity contribution in [3.8, 4) is 11.1 Å². The molecule has 0 saturated carbocycles. The summed E-state index contributed by atoms with van der Waals surface area (Å²) in [6, 6.07) is 26.8. The summed E-state index contributed by atoms with van der Waals surface area (Å²) in [4.78, 5) is 12.6. The van der Waals surface area contributed by atoms with Crippen LogP contribution in [0, 0.1) is 0 Å². The first kappa shape index (κ1) is 20.0. The van der Waals surface area contributed by atoms with Crippen LogP contribution < -0.4 is 5.32 Å². The summed E-state index contributed by atoms with van der Waals surface area (Å²) >= 11 is 0. The van der Waals surface area contributed by atoms with Crippen molar-refractivity contribution >= 4 is 6.09 Å². The molecule has 30 heavy (non-hydrogen) atoms. The quantitative estimate of drug-likeness (QED) is 0.489. The molecular formula is C27H27NO2. The summed E-state index contributed by atoms with van der Waals surface area (Å²) in [5.41, 5.74) is 7.11. The van der Waals surface area contributed by atoms with E-state index in [-0.39, 0.29) is 18.1 Å². The van der Waals surface area contributed by atoms with Crippen molar-refractivity contribution in [3.63, 3.8) is 0 Å². The van der Waals surface area contributed by atoms with Crippen LogP contribution >= 0.6 is 0 Å². The molecule has 0 spiro atoms. The molecule has 3 heteroatoms. The number of amides is 1. The first-order chi connectivity index (χ1) is 14.6. The van der Waals surface area contributed by atoms with Crippen LogP contribution in [0.15, 0.2) is 91.0 Å². The lowest BCUT2D eigenvalue weighted by Gasteiger charge is -2.20. The van der Waals surface area contributed by atoms with Gasteiger partial charge in [-0.2, -0.15) is 0 Å². The third-order valence-corrected chi connectivity index (χ3v) is 5.59. The Bertz CT molecular complexity index is 996. The van der Waals surface area contributed by atoms with Crippen molar-refractivity contribution in [1.29, 1.82) is 0 Å². The van der Waals surface area contributed by atoms with Gasteiger partial charge in [-0.1, -0.05) is 84.4 Å². The largest absolute Gasteiger partial charge is 0.449 e. The van der Waals surface area contributed by atoms with E-state index < -0.39 is 0 Å². The highest BCUT2D eigenvalue weighted by atomic mass is 16.5. The van der Waals surface area contributed by atoms with Crippen LogP contribution in [0.5, 0.6) is 0 Å². The van der Waals surface area contributed by atoms with Crippen LogP contribution in [-0.2, 0) is 11.2 Å². The first-order valence-electron chi connectivity index (χ1n) is 10.4. The summed E-state index contributed by atoms with van der Waals surface area (Å²) in [5.74, 6) is 0.0665. The fourth-order valence-electron chi connectivity index (χ4n) is 4.30. The topological polar surface area (TPSA) is 38.3 Å². The predicted molar refractivity (Wildman–Crippen MR) is 122 cm³/mol. The van der Waals surface area contributed by atoms with Gasteiger partial charge in [0.25, 0.3) is 0 Å². The molecule has 1 atom stereocenters. The number of fused-ring (bicyclic) bond motifs is 3. The maximum Gasteiger partial charge on any atom is 0.407 e. The second-order valence-corrected chi connectivity index (χ2v) is 8.02. The summed E-state index contributed by atoms with van der Waals surface area (Å²) < 4.78 is 5.71. The number of nitrogens with one attached hydrogen (secondary N) is 1. The zero-order valence-electron chi connectivity index (χ0n) is 17.3. The minimum atomic E-state index is -0.376. The standard InChI is InChI=1S/C27H27NO2/c1-19(2)16-21(17-20-10-4-3-5-11-20)28-27(29)30-18-26-24-14-8-6-12-22(24)23-13-7-9-15-25(23)26/h3-15,21,26H,1,16-18H2,2H3,(H,28,29). The second-order valence-electron chi connectivity index (χ2n) is 8.02. The average Bonchev–Trinajstić information content (AvgIpc) is 3.06. The average molecular weight is 398 g/mol. The Morgan fingerprint density at radius 2 is 1.50 bits per heavy atom. The van der Waals surface area contributed by atoms with E-state index in [1.807, 2.05) is 37.3 Å². The van der Waals surface area contributed by atoms with E-state index in [2.05, 4.69) is 60.4 Å². The van der Waals surface area contributed by atoms with Crippen LogP contribution in [0.25, 0.3) is 11.1 Å². The predicted octanol–water partition coefficient (Wildman–Crippen LogP) is 6.10. The minimum absolute atomic E-state index is 0.0412. The maximum atomic E-state index is 12.6. The highest BCUT2D eigenvalue weighted by Gasteiger charge is 2.29. The molecule has 0 aliphatic heterocycles. The Morgan fingerprint density at radius 1 is 0.933 bits per heavy atom. The van der Waals surface area contributed by atoms with Gasteiger partial charge in [0.15, 0.2) is 0 Å². The second kappa shape index (κ2) is 9.00. The highest BCUT2D eigenvalue weighted by molar-refractivity contribution is 5.79. The number of carbonyl (C=O) groups is 1. The Kier molecular flexibility index (Phi) is 5.99. The van der Waals surface area contributed by atoms with Gasteiger partial charge >= 0.3 is 6.09 Å². The van der Waals surface area contributed by atoms with E-state index in [0.717, 1.165) is 18.4 Å². The Hall–Kier alpha value is -3.33. The molecule has 1 N–H and O–H groups in total. The number of alkyl carbamates (subject to hydrolysis) is 1. The number of benzene rings is 3. The van der Waals surface area contributed by atoms with Gasteiger partial charge in [-0.25, -0.2) is 4.79 Å². The lowest BCUT2D eigenvalue weighted by atomic mass is 9.98. The summed E-state index contributed by atoms with van der Waals surface area (Å²) in [7, 11) is 0. The number of rotatable bonds is 7. The van der Waals surface area contributed by atoms with Crippen LogP contribution in [0.3, 0.4) is 0 Å².